The van der Waals surface area contributed by atoms with Gasteiger partial charge in [0.1, 0.15) is 0 Å². The fourth-order valence-electron chi connectivity index (χ4n) is 3.17. The number of likely N-dealkylation sites (tertiary alicyclic amines) is 1. The molecule has 2 aromatic rings. The summed E-state index contributed by atoms with van der Waals surface area (Å²) in [4.78, 5) is 7.19. The molecule has 1 fully saturated rings. The average molecular weight is 465 g/mol. The van der Waals surface area contributed by atoms with Crippen LogP contribution in [0.5, 0.6) is 0 Å². The molecule has 26 heavy (non-hydrogen) atoms. The lowest BCUT2D eigenvalue weighted by Gasteiger charge is -2.30. The summed E-state index contributed by atoms with van der Waals surface area (Å²) in [7, 11) is 0. The minimum absolute atomic E-state index is 0. The van der Waals surface area contributed by atoms with Gasteiger partial charge in [-0.05, 0) is 37.0 Å². The van der Waals surface area contributed by atoms with Crippen molar-refractivity contribution in [3.63, 3.8) is 0 Å². The minimum Gasteiger partial charge on any atom is -0.396 e. The van der Waals surface area contributed by atoms with Crippen LogP contribution in [0.2, 0.25) is 0 Å². The van der Waals surface area contributed by atoms with E-state index in [-0.39, 0.29) is 36.5 Å². The Balaban J connectivity index is 0.00000243. The van der Waals surface area contributed by atoms with Crippen LogP contribution in [0.15, 0.2) is 65.7 Å². The van der Waals surface area contributed by atoms with E-state index in [1.54, 1.807) is 0 Å². The predicted octanol–water partition coefficient (Wildman–Crippen LogP) is 4.33. The monoisotopic (exact) mass is 465 g/mol. The molecule has 0 spiro atoms. The van der Waals surface area contributed by atoms with Crippen molar-refractivity contribution < 1.29 is 5.11 Å². The van der Waals surface area contributed by atoms with Crippen LogP contribution >= 0.6 is 24.0 Å². The highest BCUT2D eigenvalue weighted by molar-refractivity contribution is 14.0. The summed E-state index contributed by atoms with van der Waals surface area (Å²) in [6.45, 7) is 2.75. The Morgan fingerprint density at radius 3 is 2.19 bits per heavy atom. The zero-order valence-corrected chi connectivity index (χ0v) is 17.4. The number of benzene rings is 2. The van der Waals surface area contributed by atoms with E-state index in [1.165, 1.54) is 19.3 Å². The van der Waals surface area contributed by atoms with Crippen molar-refractivity contribution in [2.24, 2.45) is 4.99 Å². The maximum absolute atomic E-state index is 9.79. The van der Waals surface area contributed by atoms with Gasteiger partial charge in [0.15, 0.2) is 5.96 Å². The second-order valence-corrected chi connectivity index (χ2v) is 6.49. The number of para-hydroxylation sites is 1. The number of aliphatic imine (C=N–C) groups is 1. The Bertz CT molecular complexity index is 657. The summed E-state index contributed by atoms with van der Waals surface area (Å²) < 4.78 is 0. The standard InChI is InChI=1S/C21H27N3O.HI/c25-17-19(18-10-4-1-5-11-18)16-22-21(24-14-8-3-9-15-24)23-20-12-6-2-7-13-20;/h1-2,4-7,10-13,19,25H,3,8-9,14-17H2,(H,22,23);1H. The Labute approximate surface area is 173 Å². The van der Waals surface area contributed by atoms with E-state index in [4.69, 9.17) is 4.99 Å². The maximum Gasteiger partial charge on any atom is 0.198 e. The summed E-state index contributed by atoms with van der Waals surface area (Å²) in [5.74, 6) is 0.943. The van der Waals surface area contributed by atoms with Crippen LogP contribution in [0, 0.1) is 0 Å². The molecule has 1 saturated heterocycles. The van der Waals surface area contributed by atoms with E-state index >= 15 is 0 Å². The molecule has 1 heterocycles. The molecule has 1 unspecified atom stereocenters. The number of nitrogens with zero attached hydrogens (tertiary/aromatic N) is 2. The first-order valence-corrected chi connectivity index (χ1v) is 9.14. The van der Waals surface area contributed by atoms with Crippen molar-refractivity contribution in [1.29, 1.82) is 0 Å². The number of nitrogens with one attached hydrogen (secondary N) is 1. The number of piperidine rings is 1. The van der Waals surface area contributed by atoms with E-state index in [0.717, 1.165) is 30.3 Å². The molecule has 5 heteroatoms. The highest BCUT2D eigenvalue weighted by Crippen LogP contribution is 2.17. The van der Waals surface area contributed by atoms with Gasteiger partial charge in [-0.3, -0.25) is 4.99 Å². The average Bonchev–Trinajstić information content (AvgIpc) is 2.70. The van der Waals surface area contributed by atoms with E-state index in [2.05, 4.69) is 34.5 Å². The van der Waals surface area contributed by atoms with Crippen LogP contribution in [0.1, 0.15) is 30.7 Å². The second kappa shape index (κ2) is 11.2. The number of aliphatic hydroxyl groups excluding tert-OH is 1. The lowest BCUT2D eigenvalue weighted by molar-refractivity contribution is 0.267. The maximum atomic E-state index is 9.79. The third kappa shape index (κ3) is 5.99. The first kappa shape index (κ1) is 20.7. The molecule has 0 saturated carbocycles. The Kier molecular flexibility index (Phi) is 8.91. The highest BCUT2D eigenvalue weighted by atomic mass is 127. The van der Waals surface area contributed by atoms with Gasteiger partial charge in [0.2, 0.25) is 0 Å². The zero-order chi connectivity index (χ0) is 17.3. The second-order valence-electron chi connectivity index (χ2n) is 6.49. The molecular weight excluding hydrogens is 437 g/mol. The largest absolute Gasteiger partial charge is 0.396 e. The Morgan fingerprint density at radius 2 is 1.58 bits per heavy atom. The molecular formula is C21H28IN3O. The quantitative estimate of drug-likeness (QED) is 0.393. The first-order chi connectivity index (χ1) is 12.4. The van der Waals surface area contributed by atoms with Crippen LogP contribution in [0.4, 0.5) is 5.69 Å². The van der Waals surface area contributed by atoms with Gasteiger partial charge >= 0.3 is 0 Å². The van der Waals surface area contributed by atoms with Gasteiger partial charge in [0, 0.05) is 24.7 Å². The van der Waals surface area contributed by atoms with Crippen LogP contribution in [-0.4, -0.2) is 42.2 Å². The molecule has 0 amide bonds. The number of guanidine groups is 1. The predicted molar refractivity (Wildman–Crippen MR) is 119 cm³/mol. The van der Waals surface area contributed by atoms with Gasteiger partial charge in [-0.25, -0.2) is 0 Å². The lowest BCUT2D eigenvalue weighted by atomic mass is 10.0. The summed E-state index contributed by atoms with van der Waals surface area (Å²) in [5, 5.41) is 13.3. The lowest BCUT2D eigenvalue weighted by Crippen LogP contribution is -2.40. The normalized spacial score (nSPS) is 15.9. The molecule has 4 nitrogen and oxygen atoms in total. The first-order valence-electron chi connectivity index (χ1n) is 9.14. The van der Waals surface area contributed by atoms with Crippen molar-refractivity contribution in [2.45, 2.75) is 25.2 Å². The van der Waals surface area contributed by atoms with Crippen LogP contribution in [0.3, 0.4) is 0 Å². The molecule has 1 aliphatic rings. The fourth-order valence-corrected chi connectivity index (χ4v) is 3.17. The molecule has 2 aromatic carbocycles. The molecule has 1 aliphatic heterocycles. The van der Waals surface area contributed by atoms with Crippen molar-refractivity contribution in [1.82, 2.24) is 4.90 Å². The molecule has 0 aliphatic carbocycles. The SMILES string of the molecule is I.OCC(CN=C(Nc1ccccc1)N1CCCCC1)c1ccccc1. The Hall–Kier alpha value is -1.60. The van der Waals surface area contributed by atoms with Crippen LogP contribution < -0.4 is 5.32 Å². The number of anilines is 1. The highest BCUT2D eigenvalue weighted by Gasteiger charge is 2.16. The molecule has 0 radical (unpaired) electrons. The van der Waals surface area contributed by atoms with Crippen molar-refractivity contribution in [3.8, 4) is 0 Å². The molecule has 0 bridgehead atoms. The smallest absolute Gasteiger partial charge is 0.198 e. The fraction of sp³-hybridized carbons (Fsp3) is 0.381. The Morgan fingerprint density at radius 1 is 0.962 bits per heavy atom. The van der Waals surface area contributed by atoms with E-state index in [9.17, 15) is 5.11 Å². The van der Waals surface area contributed by atoms with Gasteiger partial charge in [-0.15, -0.1) is 24.0 Å². The summed E-state index contributed by atoms with van der Waals surface area (Å²) >= 11 is 0. The van der Waals surface area contributed by atoms with Crippen molar-refractivity contribution in [3.05, 3.63) is 66.2 Å². The van der Waals surface area contributed by atoms with E-state index < -0.39 is 0 Å². The van der Waals surface area contributed by atoms with Gasteiger partial charge < -0.3 is 15.3 Å². The van der Waals surface area contributed by atoms with Crippen LogP contribution in [-0.2, 0) is 0 Å². The number of rotatable bonds is 5. The van der Waals surface area contributed by atoms with Crippen molar-refractivity contribution in [2.75, 3.05) is 31.6 Å². The summed E-state index contributed by atoms with van der Waals surface area (Å²) in [6, 6.07) is 20.3. The minimum atomic E-state index is 0. The molecule has 1 atom stereocenters. The van der Waals surface area contributed by atoms with Gasteiger partial charge in [-0.2, -0.15) is 0 Å². The molecule has 3 rings (SSSR count). The topological polar surface area (TPSA) is 47.9 Å². The number of aliphatic hydroxyl groups is 1. The molecule has 2 N–H and O–H groups in total. The van der Waals surface area contributed by atoms with Gasteiger partial charge in [0.05, 0.1) is 13.2 Å². The van der Waals surface area contributed by atoms with Crippen molar-refractivity contribution >= 4 is 35.6 Å². The summed E-state index contributed by atoms with van der Waals surface area (Å²) in [5.41, 5.74) is 2.18. The zero-order valence-electron chi connectivity index (χ0n) is 15.1. The number of hydrogen-bond acceptors (Lipinski definition) is 2. The molecule has 140 valence electrons. The number of hydrogen-bond donors (Lipinski definition) is 2. The number of halogens is 1. The third-order valence-corrected chi connectivity index (χ3v) is 4.64. The van der Waals surface area contributed by atoms with E-state index in [1.807, 2.05) is 36.4 Å². The third-order valence-electron chi connectivity index (χ3n) is 4.64. The van der Waals surface area contributed by atoms with Gasteiger partial charge in [0.25, 0.3) is 0 Å². The summed E-state index contributed by atoms with van der Waals surface area (Å²) in [6.07, 6.45) is 3.70. The van der Waals surface area contributed by atoms with Crippen LogP contribution in [0.25, 0.3) is 0 Å². The molecule has 0 aromatic heterocycles. The van der Waals surface area contributed by atoms with E-state index in [0.29, 0.717) is 6.54 Å². The van der Waals surface area contributed by atoms with Gasteiger partial charge in [-0.1, -0.05) is 48.5 Å².